The highest BCUT2D eigenvalue weighted by Crippen LogP contribution is 2.21. The van der Waals surface area contributed by atoms with E-state index in [4.69, 9.17) is 0 Å². The SMILES string of the molecule is CCn1nncc1N(CC1CCNCC1)C(C)C. The largest absolute Gasteiger partial charge is 0.353 e. The number of hydrogen-bond donors (Lipinski definition) is 1. The van der Waals surface area contributed by atoms with Crippen molar-refractivity contribution in [1.82, 2.24) is 20.3 Å². The quantitative estimate of drug-likeness (QED) is 0.861. The summed E-state index contributed by atoms with van der Waals surface area (Å²) in [4.78, 5) is 2.44. The van der Waals surface area contributed by atoms with Crippen LogP contribution in [0.25, 0.3) is 0 Å². The van der Waals surface area contributed by atoms with E-state index in [0.717, 1.165) is 37.9 Å². The average Bonchev–Trinajstić information content (AvgIpc) is 2.84. The number of piperidine rings is 1. The Morgan fingerprint density at radius 3 is 2.78 bits per heavy atom. The number of rotatable bonds is 5. The van der Waals surface area contributed by atoms with Crippen molar-refractivity contribution < 1.29 is 0 Å². The van der Waals surface area contributed by atoms with Gasteiger partial charge in [0.15, 0.2) is 0 Å². The van der Waals surface area contributed by atoms with Crippen LogP contribution in [-0.4, -0.2) is 40.7 Å². The summed E-state index contributed by atoms with van der Waals surface area (Å²) in [5.41, 5.74) is 0. The van der Waals surface area contributed by atoms with Crippen molar-refractivity contribution in [2.24, 2.45) is 5.92 Å². The number of nitrogens with zero attached hydrogens (tertiary/aromatic N) is 4. The Labute approximate surface area is 110 Å². The monoisotopic (exact) mass is 251 g/mol. The van der Waals surface area contributed by atoms with Crippen LogP contribution in [0.4, 0.5) is 5.82 Å². The molecule has 102 valence electrons. The lowest BCUT2D eigenvalue weighted by molar-refractivity contribution is 0.365. The second kappa shape index (κ2) is 6.18. The highest BCUT2D eigenvalue weighted by atomic mass is 15.5. The minimum Gasteiger partial charge on any atom is -0.353 e. The zero-order chi connectivity index (χ0) is 13.0. The van der Waals surface area contributed by atoms with E-state index in [1.165, 1.54) is 12.8 Å². The second-order valence-corrected chi connectivity index (χ2v) is 5.35. The molecule has 18 heavy (non-hydrogen) atoms. The molecular formula is C13H25N5. The summed E-state index contributed by atoms with van der Waals surface area (Å²) in [6.07, 6.45) is 4.44. The van der Waals surface area contributed by atoms with Crippen molar-refractivity contribution in [3.8, 4) is 0 Å². The van der Waals surface area contributed by atoms with Crippen LogP contribution in [0, 0.1) is 5.92 Å². The van der Waals surface area contributed by atoms with Crippen LogP contribution in [-0.2, 0) is 6.54 Å². The molecule has 0 radical (unpaired) electrons. The highest BCUT2D eigenvalue weighted by molar-refractivity contribution is 5.37. The molecule has 1 aliphatic heterocycles. The first-order valence-electron chi connectivity index (χ1n) is 7.08. The van der Waals surface area contributed by atoms with Crippen LogP contribution in [0.1, 0.15) is 33.6 Å². The molecule has 1 fully saturated rings. The van der Waals surface area contributed by atoms with Gasteiger partial charge < -0.3 is 10.2 Å². The zero-order valence-corrected chi connectivity index (χ0v) is 11.8. The maximum atomic E-state index is 4.14. The molecule has 1 aromatic rings. The molecule has 1 N–H and O–H groups in total. The highest BCUT2D eigenvalue weighted by Gasteiger charge is 2.21. The maximum absolute atomic E-state index is 4.14. The minimum absolute atomic E-state index is 0.490. The molecule has 0 aromatic carbocycles. The molecule has 0 spiro atoms. The van der Waals surface area contributed by atoms with E-state index in [-0.39, 0.29) is 0 Å². The van der Waals surface area contributed by atoms with Gasteiger partial charge in [-0.1, -0.05) is 5.21 Å². The van der Waals surface area contributed by atoms with Gasteiger partial charge in [-0.3, -0.25) is 0 Å². The average molecular weight is 251 g/mol. The standard InChI is InChI=1S/C13H25N5/c1-4-18-13(9-15-16-18)17(11(2)3)10-12-5-7-14-8-6-12/h9,11-12,14H,4-8,10H2,1-3H3. The third kappa shape index (κ3) is 3.02. The summed E-state index contributed by atoms with van der Waals surface area (Å²) >= 11 is 0. The van der Waals surface area contributed by atoms with Crippen LogP contribution in [0.5, 0.6) is 0 Å². The number of anilines is 1. The van der Waals surface area contributed by atoms with Crippen LogP contribution >= 0.6 is 0 Å². The van der Waals surface area contributed by atoms with Gasteiger partial charge in [-0.2, -0.15) is 0 Å². The molecule has 5 heteroatoms. The summed E-state index contributed by atoms with van der Waals surface area (Å²) in [6, 6.07) is 0.490. The Bertz CT molecular complexity index is 354. The molecule has 2 rings (SSSR count). The summed E-state index contributed by atoms with van der Waals surface area (Å²) in [5.74, 6) is 1.94. The van der Waals surface area contributed by atoms with E-state index in [1.807, 2.05) is 10.9 Å². The van der Waals surface area contributed by atoms with Gasteiger partial charge in [-0.15, -0.1) is 5.10 Å². The second-order valence-electron chi connectivity index (χ2n) is 5.35. The molecule has 1 aromatic heterocycles. The van der Waals surface area contributed by atoms with Crippen molar-refractivity contribution in [1.29, 1.82) is 0 Å². The van der Waals surface area contributed by atoms with Crippen molar-refractivity contribution >= 4 is 5.82 Å². The molecule has 5 nitrogen and oxygen atoms in total. The third-order valence-electron chi connectivity index (χ3n) is 3.73. The molecule has 0 atom stereocenters. The fourth-order valence-corrected chi connectivity index (χ4v) is 2.61. The van der Waals surface area contributed by atoms with E-state index in [1.54, 1.807) is 0 Å². The van der Waals surface area contributed by atoms with Gasteiger partial charge in [0, 0.05) is 19.1 Å². The Morgan fingerprint density at radius 1 is 1.44 bits per heavy atom. The Morgan fingerprint density at radius 2 is 2.17 bits per heavy atom. The van der Waals surface area contributed by atoms with Gasteiger partial charge in [-0.25, -0.2) is 4.68 Å². The Kier molecular flexibility index (Phi) is 4.58. The van der Waals surface area contributed by atoms with E-state index in [2.05, 4.69) is 41.3 Å². The van der Waals surface area contributed by atoms with Gasteiger partial charge in [0.1, 0.15) is 5.82 Å². The van der Waals surface area contributed by atoms with Gasteiger partial charge in [-0.05, 0) is 52.6 Å². The van der Waals surface area contributed by atoms with Gasteiger partial charge in [0.25, 0.3) is 0 Å². The first-order valence-corrected chi connectivity index (χ1v) is 7.08. The van der Waals surface area contributed by atoms with Gasteiger partial charge in [0.2, 0.25) is 0 Å². The van der Waals surface area contributed by atoms with Crippen molar-refractivity contribution in [2.75, 3.05) is 24.5 Å². The van der Waals surface area contributed by atoms with Crippen LogP contribution in [0.3, 0.4) is 0 Å². The minimum atomic E-state index is 0.490. The number of aromatic nitrogens is 3. The van der Waals surface area contributed by atoms with Gasteiger partial charge >= 0.3 is 0 Å². The molecular weight excluding hydrogens is 226 g/mol. The number of aryl methyl sites for hydroxylation is 1. The van der Waals surface area contributed by atoms with Crippen molar-refractivity contribution in [3.63, 3.8) is 0 Å². The first-order chi connectivity index (χ1) is 8.72. The normalized spacial score (nSPS) is 17.3. The third-order valence-corrected chi connectivity index (χ3v) is 3.73. The molecule has 2 heterocycles. The summed E-state index contributed by atoms with van der Waals surface area (Å²) in [7, 11) is 0. The molecule has 1 saturated heterocycles. The zero-order valence-electron chi connectivity index (χ0n) is 11.8. The maximum Gasteiger partial charge on any atom is 0.147 e. The van der Waals surface area contributed by atoms with Gasteiger partial charge in [0.05, 0.1) is 6.20 Å². The lowest BCUT2D eigenvalue weighted by Gasteiger charge is -2.34. The molecule has 0 bridgehead atoms. The van der Waals surface area contributed by atoms with Crippen LogP contribution in [0.2, 0.25) is 0 Å². The molecule has 0 amide bonds. The lowest BCUT2D eigenvalue weighted by Crippen LogP contribution is -2.40. The number of nitrogens with one attached hydrogen (secondary N) is 1. The Hall–Kier alpha value is -1.10. The predicted molar refractivity (Wildman–Crippen MR) is 73.8 cm³/mol. The fraction of sp³-hybridized carbons (Fsp3) is 0.846. The molecule has 0 aliphatic carbocycles. The summed E-state index contributed by atoms with van der Waals surface area (Å²) in [6.45, 7) is 10.9. The van der Waals surface area contributed by atoms with E-state index < -0.39 is 0 Å². The molecule has 0 unspecified atom stereocenters. The summed E-state index contributed by atoms with van der Waals surface area (Å²) in [5, 5.41) is 11.6. The first kappa shape index (κ1) is 13.3. The summed E-state index contributed by atoms with van der Waals surface area (Å²) < 4.78 is 1.99. The van der Waals surface area contributed by atoms with Crippen molar-refractivity contribution in [2.45, 2.75) is 46.2 Å². The van der Waals surface area contributed by atoms with E-state index in [0.29, 0.717) is 6.04 Å². The predicted octanol–water partition coefficient (Wildman–Crippen LogP) is 1.51. The van der Waals surface area contributed by atoms with Crippen molar-refractivity contribution in [3.05, 3.63) is 6.20 Å². The molecule has 0 saturated carbocycles. The van der Waals surface area contributed by atoms with E-state index >= 15 is 0 Å². The number of hydrogen-bond acceptors (Lipinski definition) is 4. The van der Waals surface area contributed by atoms with Crippen LogP contribution in [0.15, 0.2) is 6.20 Å². The lowest BCUT2D eigenvalue weighted by atomic mass is 9.97. The molecule has 1 aliphatic rings. The Balaban J connectivity index is 2.08. The van der Waals surface area contributed by atoms with Crippen LogP contribution < -0.4 is 10.2 Å². The fourth-order valence-electron chi connectivity index (χ4n) is 2.61. The smallest absolute Gasteiger partial charge is 0.147 e. The topological polar surface area (TPSA) is 46.0 Å². The van der Waals surface area contributed by atoms with E-state index in [9.17, 15) is 0 Å².